The Balaban J connectivity index is 2.05. The van der Waals surface area contributed by atoms with Crippen LogP contribution in [-0.4, -0.2) is 22.6 Å². The molecule has 88 valence electrons. The SMILES string of the molecule is CCNc1ncnc(NC2CC(C)C2)c1C. The standard InChI is InChI=1S/C12H20N4/c1-4-13-11-9(3)12(15-7-14-11)16-10-5-8(2)6-10/h7-8,10H,4-6H2,1-3H3,(H2,13,14,15,16). The van der Waals surface area contributed by atoms with Crippen molar-refractivity contribution >= 4 is 11.6 Å². The van der Waals surface area contributed by atoms with Gasteiger partial charge in [0.1, 0.15) is 18.0 Å². The fourth-order valence-electron chi connectivity index (χ4n) is 2.15. The lowest BCUT2D eigenvalue weighted by molar-refractivity contribution is 0.308. The van der Waals surface area contributed by atoms with Crippen LogP contribution < -0.4 is 10.6 Å². The van der Waals surface area contributed by atoms with E-state index in [9.17, 15) is 0 Å². The molecule has 0 radical (unpaired) electrons. The van der Waals surface area contributed by atoms with Crippen molar-refractivity contribution in [2.75, 3.05) is 17.2 Å². The number of anilines is 2. The molecule has 0 amide bonds. The first-order valence-corrected chi connectivity index (χ1v) is 6.02. The van der Waals surface area contributed by atoms with Crippen molar-refractivity contribution in [2.24, 2.45) is 5.92 Å². The Morgan fingerprint density at radius 2 is 2.00 bits per heavy atom. The molecule has 2 N–H and O–H groups in total. The Hall–Kier alpha value is -1.32. The summed E-state index contributed by atoms with van der Waals surface area (Å²) in [6.07, 6.45) is 4.12. The number of hydrogen-bond acceptors (Lipinski definition) is 4. The highest BCUT2D eigenvalue weighted by molar-refractivity contribution is 5.56. The normalized spacial score (nSPS) is 23.7. The summed E-state index contributed by atoms with van der Waals surface area (Å²) in [5.74, 6) is 2.77. The molecule has 16 heavy (non-hydrogen) atoms. The Morgan fingerprint density at radius 3 is 2.62 bits per heavy atom. The number of nitrogens with one attached hydrogen (secondary N) is 2. The quantitative estimate of drug-likeness (QED) is 0.818. The molecule has 2 rings (SSSR count). The van der Waals surface area contributed by atoms with Gasteiger partial charge in [0, 0.05) is 18.2 Å². The number of hydrogen-bond donors (Lipinski definition) is 2. The van der Waals surface area contributed by atoms with Crippen LogP contribution in [0.15, 0.2) is 6.33 Å². The Morgan fingerprint density at radius 1 is 1.31 bits per heavy atom. The van der Waals surface area contributed by atoms with Gasteiger partial charge in [0.25, 0.3) is 0 Å². The zero-order valence-electron chi connectivity index (χ0n) is 10.2. The zero-order valence-corrected chi connectivity index (χ0v) is 10.2. The van der Waals surface area contributed by atoms with Crippen molar-refractivity contribution in [3.05, 3.63) is 11.9 Å². The van der Waals surface area contributed by atoms with Gasteiger partial charge in [-0.05, 0) is 32.6 Å². The average molecular weight is 220 g/mol. The van der Waals surface area contributed by atoms with Crippen molar-refractivity contribution in [1.82, 2.24) is 9.97 Å². The summed E-state index contributed by atoms with van der Waals surface area (Å²) in [6, 6.07) is 0.595. The van der Waals surface area contributed by atoms with E-state index < -0.39 is 0 Å². The van der Waals surface area contributed by atoms with E-state index >= 15 is 0 Å². The minimum absolute atomic E-state index is 0.595. The molecule has 1 heterocycles. The molecular formula is C12H20N4. The summed E-state index contributed by atoms with van der Waals surface area (Å²) in [4.78, 5) is 8.54. The topological polar surface area (TPSA) is 49.8 Å². The number of aromatic nitrogens is 2. The van der Waals surface area contributed by atoms with E-state index in [1.807, 2.05) is 0 Å². The highest BCUT2D eigenvalue weighted by Crippen LogP contribution is 2.30. The molecule has 0 spiro atoms. The molecule has 0 unspecified atom stereocenters. The van der Waals surface area contributed by atoms with Crippen LogP contribution in [0.4, 0.5) is 11.6 Å². The van der Waals surface area contributed by atoms with Gasteiger partial charge in [-0.1, -0.05) is 6.92 Å². The van der Waals surface area contributed by atoms with Crippen LogP contribution in [0.1, 0.15) is 32.3 Å². The summed E-state index contributed by atoms with van der Waals surface area (Å²) in [5.41, 5.74) is 1.11. The Kier molecular flexibility index (Phi) is 3.27. The van der Waals surface area contributed by atoms with Crippen LogP contribution in [0.2, 0.25) is 0 Å². The van der Waals surface area contributed by atoms with Gasteiger partial charge in [0.15, 0.2) is 0 Å². The van der Waals surface area contributed by atoms with Crippen LogP contribution in [0, 0.1) is 12.8 Å². The smallest absolute Gasteiger partial charge is 0.134 e. The van der Waals surface area contributed by atoms with Crippen molar-refractivity contribution in [3.63, 3.8) is 0 Å². The third-order valence-corrected chi connectivity index (χ3v) is 3.14. The fraction of sp³-hybridized carbons (Fsp3) is 0.667. The van der Waals surface area contributed by atoms with Crippen LogP contribution in [0.25, 0.3) is 0 Å². The minimum atomic E-state index is 0.595. The molecule has 1 fully saturated rings. The summed E-state index contributed by atoms with van der Waals surface area (Å²) in [5, 5.41) is 6.73. The van der Waals surface area contributed by atoms with Crippen molar-refractivity contribution in [3.8, 4) is 0 Å². The molecule has 4 heteroatoms. The number of rotatable bonds is 4. The number of nitrogens with zero attached hydrogens (tertiary/aromatic N) is 2. The lowest BCUT2D eigenvalue weighted by Gasteiger charge is -2.34. The molecule has 1 aliphatic rings. The Labute approximate surface area is 96.9 Å². The molecule has 0 aromatic carbocycles. The predicted octanol–water partition coefficient (Wildman–Crippen LogP) is 2.43. The summed E-state index contributed by atoms with van der Waals surface area (Å²) < 4.78 is 0. The molecule has 1 aromatic heterocycles. The molecule has 1 saturated carbocycles. The maximum atomic E-state index is 4.31. The van der Waals surface area contributed by atoms with E-state index in [4.69, 9.17) is 0 Å². The first-order valence-electron chi connectivity index (χ1n) is 6.02. The second kappa shape index (κ2) is 4.68. The van der Waals surface area contributed by atoms with E-state index in [2.05, 4.69) is 41.4 Å². The monoisotopic (exact) mass is 220 g/mol. The molecule has 0 saturated heterocycles. The van der Waals surface area contributed by atoms with Gasteiger partial charge in [0.05, 0.1) is 0 Å². The second-order valence-electron chi connectivity index (χ2n) is 4.64. The van der Waals surface area contributed by atoms with E-state index in [1.165, 1.54) is 12.8 Å². The third-order valence-electron chi connectivity index (χ3n) is 3.14. The van der Waals surface area contributed by atoms with Gasteiger partial charge in [-0.15, -0.1) is 0 Å². The highest BCUT2D eigenvalue weighted by atomic mass is 15.1. The summed E-state index contributed by atoms with van der Waals surface area (Å²) in [7, 11) is 0. The first kappa shape index (κ1) is 11.2. The van der Waals surface area contributed by atoms with Gasteiger partial charge >= 0.3 is 0 Å². The Bertz CT molecular complexity index is 358. The maximum absolute atomic E-state index is 4.31. The predicted molar refractivity (Wildman–Crippen MR) is 66.7 cm³/mol. The van der Waals surface area contributed by atoms with E-state index in [1.54, 1.807) is 6.33 Å². The third kappa shape index (κ3) is 2.26. The van der Waals surface area contributed by atoms with Crippen LogP contribution in [-0.2, 0) is 0 Å². The largest absolute Gasteiger partial charge is 0.370 e. The van der Waals surface area contributed by atoms with Crippen molar-refractivity contribution < 1.29 is 0 Å². The van der Waals surface area contributed by atoms with E-state index in [0.29, 0.717) is 6.04 Å². The van der Waals surface area contributed by atoms with Crippen molar-refractivity contribution in [1.29, 1.82) is 0 Å². The summed E-state index contributed by atoms with van der Waals surface area (Å²) >= 11 is 0. The fourth-order valence-corrected chi connectivity index (χ4v) is 2.15. The highest BCUT2D eigenvalue weighted by Gasteiger charge is 2.25. The van der Waals surface area contributed by atoms with Crippen LogP contribution >= 0.6 is 0 Å². The van der Waals surface area contributed by atoms with E-state index in [0.717, 1.165) is 29.7 Å². The van der Waals surface area contributed by atoms with Gasteiger partial charge in [-0.3, -0.25) is 0 Å². The lowest BCUT2D eigenvalue weighted by atomic mass is 9.82. The summed E-state index contributed by atoms with van der Waals surface area (Å²) in [6.45, 7) is 7.30. The second-order valence-corrected chi connectivity index (χ2v) is 4.64. The molecule has 0 bridgehead atoms. The molecule has 0 atom stereocenters. The molecule has 0 aliphatic heterocycles. The maximum Gasteiger partial charge on any atom is 0.134 e. The van der Waals surface area contributed by atoms with Gasteiger partial charge in [-0.2, -0.15) is 0 Å². The van der Waals surface area contributed by atoms with Gasteiger partial charge < -0.3 is 10.6 Å². The van der Waals surface area contributed by atoms with Crippen LogP contribution in [0.5, 0.6) is 0 Å². The zero-order chi connectivity index (χ0) is 11.5. The molecule has 1 aliphatic carbocycles. The average Bonchev–Trinajstić information content (AvgIpc) is 2.22. The molecule has 1 aromatic rings. The molecule has 4 nitrogen and oxygen atoms in total. The lowest BCUT2D eigenvalue weighted by Crippen LogP contribution is -2.34. The molecular weight excluding hydrogens is 200 g/mol. The minimum Gasteiger partial charge on any atom is -0.370 e. The first-order chi connectivity index (χ1) is 7.70. The van der Waals surface area contributed by atoms with Gasteiger partial charge in [0.2, 0.25) is 0 Å². The van der Waals surface area contributed by atoms with Crippen LogP contribution in [0.3, 0.4) is 0 Å². The van der Waals surface area contributed by atoms with Gasteiger partial charge in [-0.25, -0.2) is 9.97 Å². The van der Waals surface area contributed by atoms with E-state index in [-0.39, 0.29) is 0 Å². The van der Waals surface area contributed by atoms with Crippen molar-refractivity contribution in [2.45, 2.75) is 39.7 Å².